The van der Waals surface area contributed by atoms with E-state index < -0.39 is 12.2 Å². The first kappa shape index (κ1) is 17.4. The lowest BCUT2D eigenvalue weighted by atomic mass is 10.1. The van der Waals surface area contributed by atoms with E-state index in [1.165, 1.54) is 18.4 Å². The second-order valence-corrected chi connectivity index (χ2v) is 7.66. The highest BCUT2D eigenvalue weighted by molar-refractivity contribution is 5.95. The minimum absolute atomic E-state index is 0.153. The third kappa shape index (κ3) is 3.42. The van der Waals surface area contributed by atoms with Gasteiger partial charge in [-0.3, -0.25) is 14.7 Å². The number of ether oxygens (including phenoxy) is 2. The number of amides is 1. The van der Waals surface area contributed by atoms with Gasteiger partial charge < -0.3 is 14.8 Å². The third-order valence-electron chi connectivity index (χ3n) is 5.59. The molecule has 2 aromatic rings. The van der Waals surface area contributed by atoms with Gasteiger partial charge in [0.15, 0.2) is 11.5 Å². The van der Waals surface area contributed by atoms with Gasteiger partial charge in [-0.25, -0.2) is 4.39 Å². The van der Waals surface area contributed by atoms with Gasteiger partial charge in [-0.05, 0) is 36.5 Å². The lowest BCUT2D eigenvalue weighted by Gasteiger charge is -2.23. The van der Waals surface area contributed by atoms with E-state index in [1.54, 1.807) is 12.3 Å². The number of carbonyl (C=O) groups is 1. The molecule has 0 unspecified atom stereocenters. The minimum Gasteiger partial charge on any atom is -0.453 e. The molecule has 0 radical (unpaired) electrons. The van der Waals surface area contributed by atoms with Crippen LogP contribution in [0.25, 0.3) is 0 Å². The Hall–Kier alpha value is -2.67. The van der Waals surface area contributed by atoms with Crippen molar-refractivity contribution in [3.8, 4) is 11.5 Å². The van der Waals surface area contributed by atoms with Crippen LogP contribution in [0.15, 0.2) is 36.5 Å². The molecule has 2 aliphatic heterocycles. The van der Waals surface area contributed by atoms with E-state index >= 15 is 0 Å². The van der Waals surface area contributed by atoms with Crippen LogP contribution >= 0.6 is 0 Å². The lowest BCUT2D eigenvalue weighted by molar-refractivity contribution is -0.120. The number of benzene rings is 1. The first-order chi connectivity index (χ1) is 13.7. The summed E-state index contributed by atoms with van der Waals surface area (Å²) in [4.78, 5) is 19.0. The topological polar surface area (TPSA) is 63.7 Å². The van der Waals surface area contributed by atoms with Gasteiger partial charge in [0.2, 0.25) is 12.7 Å². The number of alkyl halides is 1. The molecule has 1 saturated carbocycles. The molecule has 6 nitrogen and oxygen atoms in total. The number of rotatable bonds is 5. The zero-order valence-electron chi connectivity index (χ0n) is 15.4. The van der Waals surface area contributed by atoms with Gasteiger partial charge in [0, 0.05) is 37.5 Å². The fourth-order valence-corrected chi connectivity index (χ4v) is 3.97. The molecule has 2 fully saturated rings. The summed E-state index contributed by atoms with van der Waals surface area (Å²) in [7, 11) is 0. The summed E-state index contributed by atoms with van der Waals surface area (Å²) in [6.07, 6.45) is 3.27. The SMILES string of the molecule is O=C(Nc1ccc(C2CC2)cc1)[C@H]1C[C@H](F)CN1Cc1nccc2c1OCO2. The predicted octanol–water partition coefficient (Wildman–Crippen LogP) is 3.24. The summed E-state index contributed by atoms with van der Waals surface area (Å²) in [6, 6.07) is 9.17. The van der Waals surface area contributed by atoms with Gasteiger partial charge in [0.25, 0.3) is 0 Å². The van der Waals surface area contributed by atoms with Gasteiger partial charge in [0.05, 0.1) is 6.04 Å². The lowest BCUT2D eigenvalue weighted by Crippen LogP contribution is -2.39. The smallest absolute Gasteiger partial charge is 0.241 e. The first-order valence-electron chi connectivity index (χ1n) is 9.70. The average Bonchev–Trinajstić information content (AvgIpc) is 3.31. The quantitative estimate of drug-likeness (QED) is 0.859. The normalized spacial score (nSPS) is 23.8. The number of anilines is 1. The first-order valence-corrected chi connectivity index (χ1v) is 9.70. The van der Waals surface area contributed by atoms with E-state index in [-0.39, 0.29) is 25.7 Å². The van der Waals surface area contributed by atoms with Crippen molar-refractivity contribution in [2.75, 3.05) is 18.7 Å². The Morgan fingerprint density at radius 1 is 1.21 bits per heavy atom. The number of aromatic nitrogens is 1. The summed E-state index contributed by atoms with van der Waals surface area (Å²) < 4.78 is 25.0. The number of hydrogen-bond donors (Lipinski definition) is 1. The number of carbonyl (C=O) groups excluding carboxylic acids is 1. The van der Waals surface area contributed by atoms with Crippen molar-refractivity contribution in [2.24, 2.45) is 0 Å². The molecule has 2 atom stereocenters. The molecule has 0 bridgehead atoms. The van der Waals surface area contributed by atoms with Crippen LogP contribution in [0.3, 0.4) is 0 Å². The fourth-order valence-electron chi connectivity index (χ4n) is 3.97. The largest absolute Gasteiger partial charge is 0.453 e. The second-order valence-electron chi connectivity index (χ2n) is 7.66. The highest BCUT2D eigenvalue weighted by Gasteiger charge is 2.38. The van der Waals surface area contributed by atoms with Crippen LogP contribution in [0.2, 0.25) is 0 Å². The number of nitrogens with one attached hydrogen (secondary N) is 1. The summed E-state index contributed by atoms with van der Waals surface area (Å²) >= 11 is 0. The molecule has 1 N–H and O–H groups in total. The van der Waals surface area contributed by atoms with Gasteiger partial charge in [-0.2, -0.15) is 0 Å². The summed E-state index contributed by atoms with van der Waals surface area (Å²) in [5.74, 6) is 1.70. The van der Waals surface area contributed by atoms with Gasteiger partial charge in [0.1, 0.15) is 11.9 Å². The Balaban J connectivity index is 1.29. The maximum atomic E-state index is 14.2. The molecule has 3 heterocycles. The minimum atomic E-state index is -1.04. The van der Waals surface area contributed by atoms with Gasteiger partial charge in [-0.15, -0.1) is 0 Å². The van der Waals surface area contributed by atoms with Crippen LogP contribution in [-0.4, -0.2) is 41.3 Å². The zero-order chi connectivity index (χ0) is 19.1. The Morgan fingerprint density at radius 2 is 2.04 bits per heavy atom. The maximum absolute atomic E-state index is 14.2. The molecule has 28 heavy (non-hydrogen) atoms. The van der Waals surface area contributed by atoms with E-state index in [2.05, 4.69) is 22.4 Å². The Kier molecular flexibility index (Phi) is 4.39. The predicted molar refractivity (Wildman–Crippen MR) is 101 cm³/mol. The molecule has 1 amide bonds. The third-order valence-corrected chi connectivity index (χ3v) is 5.59. The molecule has 7 heteroatoms. The van der Waals surface area contributed by atoms with E-state index in [1.807, 2.05) is 17.0 Å². The standard InChI is InChI=1S/C21H22FN3O3/c22-15-9-18(21(26)24-16-5-3-14(4-6-16)13-1-2-13)25(10-15)11-17-20-19(7-8-23-17)27-12-28-20/h3-8,13,15,18H,1-2,9-12H2,(H,24,26)/t15-,18+/m0/s1. The summed E-state index contributed by atoms with van der Waals surface area (Å²) in [5.41, 5.74) is 2.72. The van der Waals surface area contributed by atoms with Crippen LogP contribution in [0.4, 0.5) is 10.1 Å². The van der Waals surface area contributed by atoms with Gasteiger partial charge >= 0.3 is 0 Å². The number of pyridine rings is 1. The Morgan fingerprint density at radius 3 is 2.82 bits per heavy atom. The molecule has 146 valence electrons. The Labute approximate surface area is 162 Å². The Bertz CT molecular complexity index is 885. The van der Waals surface area contributed by atoms with Crippen LogP contribution in [-0.2, 0) is 11.3 Å². The highest BCUT2D eigenvalue weighted by Crippen LogP contribution is 2.40. The van der Waals surface area contributed by atoms with E-state index in [9.17, 15) is 9.18 Å². The van der Waals surface area contributed by atoms with Crippen molar-refractivity contribution in [3.05, 3.63) is 47.8 Å². The molecule has 1 aromatic carbocycles. The summed E-state index contributed by atoms with van der Waals surface area (Å²) in [6.45, 7) is 0.692. The van der Waals surface area contributed by atoms with Crippen molar-refractivity contribution in [1.82, 2.24) is 9.88 Å². The number of fused-ring (bicyclic) bond motifs is 1. The van der Waals surface area contributed by atoms with E-state index in [4.69, 9.17) is 9.47 Å². The van der Waals surface area contributed by atoms with Crippen molar-refractivity contribution in [2.45, 2.75) is 43.9 Å². The van der Waals surface area contributed by atoms with Gasteiger partial charge in [-0.1, -0.05) is 12.1 Å². The molecule has 1 saturated heterocycles. The molecule has 0 spiro atoms. The number of halogens is 1. The maximum Gasteiger partial charge on any atom is 0.241 e. The van der Waals surface area contributed by atoms with Crippen molar-refractivity contribution in [3.63, 3.8) is 0 Å². The van der Waals surface area contributed by atoms with Crippen LogP contribution in [0, 0.1) is 0 Å². The molecule has 1 aliphatic carbocycles. The average molecular weight is 383 g/mol. The van der Waals surface area contributed by atoms with E-state index in [0.717, 1.165) is 5.69 Å². The van der Waals surface area contributed by atoms with Crippen LogP contribution in [0.1, 0.15) is 36.4 Å². The van der Waals surface area contributed by atoms with Crippen molar-refractivity contribution >= 4 is 11.6 Å². The fraction of sp³-hybridized carbons (Fsp3) is 0.429. The number of hydrogen-bond acceptors (Lipinski definition) is 5. The van der Waals surface area contributed by atoms with Crippen LogP contribution < -0.4 is 14.8 Å². The molecular formula is C21H22FN3O3. The molecule has 5 rings (SSSR count). The molecule has 1 aromatic heterocycles. The van der Waals surface area contributed by atoms with Crippen LogP contribution in [0.5, 0.6) is 11.5 Å². The number of likely N-dealkylation sites (tertiary alicyclic amines) is 1. The van der Waals surface area contributed by atoms with Crippen molar-refractivity contribution < 1.29 is 18.7 Å². The molecule has 3 aliphatic rings. The van der Waals surface area contributed by atoms with Crippen molar-refractivity contribution in [1.29, 1.82) is 0 Å². The molecular weight excluding hydrogens is 361 g/mol. The summed E-state index contributed by atoms with van der Waals surface area (Å²) in [5, 5.41) is 2.94. The van der Waals surface area contributed by atoms with E-state index in [0.29, 0.717) is 29.7 Å². The highest BCUT2D eigenvalue weighted by atomic mass is 19.1. The second kappa shape index (κ2) is 7.05. The monoisotopic (exact) mass is 383 g/mol. The zero-order valence-corrected chi connectivity index (χ0v) is 15.4. The number of nitrogens with zero attached hydrogens (tertiary/aromatic N) is 2.